The number of halogens is 1. The molecule has 1 heterocycles. The molecule has 1 saturated carbocycles. The maximum absolute atomic E-state index is 12.8. The molecule has 3 aromatic rings. The molecule has 1 fully saturated rings. The topological polar surface area (TPSA) is 81.1 Å². The summed E-state index contributed by atoms with van der Waals surface area (Å²) >= 11 is 6.32. The maximum Gasteiger partial charge on any atom is 0.176 e. The number of benzene rings is 2. The number of aromatic nitrogens is 2. The van der Waals surface area contributed by atoms with Crippen LogP contribution in [-0.2, 0) is 27.4 Å². The van der Waals surface area contributed by atoms with E-state index < -0.39 is 20.8 Å². The second-order valence-electron chi connectivity index (χ2n) is 7.09. The Kier molecular flexibility index (Phi) is 5.20. The molecule has 148 valence electrons. The van der Waals surface area contributed by atoms with Crippen molar-refractivity contribution in [2.75, 3.05) is 11.0 Å². The van der Waals surface area contributed by atoms with Gasteiger partial charge in [-0.3, -0.25) is 4.68 Å². The first-order valence-corrected chi connectivity index (χ1v) is 12.4. The van der Waals surface area contributed by atoms with Crippen LogP contribution in [0.4, 0.5) is 5.69 Å². The number of nitrogens with one attached hydrogen (secondary N) is 1. The third-order valence-corrected chi connectivity index (χ3v) is 7.76. The molecule has 0 aliphatic heterocycles. The Hall–Kier alpha value is -1.90. The Morgan fingerprint density at radius 2 is 2.00 bits per heavy atom. The zero-order valence-corrected chi connectivity index (χ0v) is 17.6. The fourth-order valence-corrected chi connectivity index (χ4v) is 5.92. The summed E-state index contributed by atoms with van der Waals surface area (Å²) in [6.45, 7) is 0.851. The zero-order valence-electron chi connectivity index (χ0n) is 15.3. The van der Waals surface area contributed by atoms with Gasteiger partial charge in [0.05, 0.1) is 15.3 Å². The highest BCUT2D eigenvalue weighted by molar-refractivity contribution is 7.92. The molecule has 0 spiro atoms. The summed E-state index contributed by atoms with van der Waals surface area (Å²) in [6.07, 6.45) is 4.81. The minimum atomic E-state index is -3.48. The molecule has 0 radical (unpaired) electrons. The summed E-state index contributed by atoms with van der Waals surface area (Å²) in [6, 6.07) is 11.8. The maximum atomic E-state index is 12.8. The van der Waals surface area contributed by atoms with Crippen LogP contribution in [0.1, 0.15) is 19.3 Å². The van der Waals surface area contributed by atoms with Crippen LogP contribution < -0.4 is 4.72 Å². The van der Waals surface area contributed by atoms with Gasteiger partial charge in [-0.05, 0) is 49.1 Å². The predicted octanol–water partition coefficient (Wildman–Crippen LogP) is 4.03. The SMILES string of the molecule is CS(=O)(=O)c1ccccc1S(=O)Nc1ccc2c(c1)c(Cl)nn2CC1CCC1. The van der Waals surface area contributed by atoms with Crippen LogP contribution in [0.3, 0.4) is 0 Å². The number of anilines is 1. The smallest absolute Gasteiger partial charge is 0.176 e. The monoisotopic (exact) mass is 437 g/mol. The van der Waals surface area contributed by atoms with Crippen molar-refractivity contribution in [2.24, 2.45) is 5.92 Å². The summed E-state index contributed by atoms with van der Waals surface area (Å²) in [4.78, 5) is 0.269. The fourth-order valence-electron chi connectivity index (χ4n) is 3.33. The third-order valence-electron chi connectivity index (χ3n) is 5.02. The van der Waals surface area contributed by atoms with E-state index in [4.69, 9.17) is 11.6 Å². The van der Waals surface area contributed by atoms with Crippen LogP contribution in [0.25, 0.3) is 10.9 Å². The highest BCUT2D eigenvalue weighted by atomic mass is 35.5. The average molecular weight is 438 g/mol. The lowest BCUT2D eigenvalue weighted by molar-refractivity contribution is 0.270. The van der Waals surface area contributed by atoms with E-state index in [1.807, 2.05) is 10.7 Å². The molecule has 0 bridgehead atoms. The van der Waals surface area contributed by atoms with Gasteiger partial charge in [0.1, 0.15) is 0 Å². The van der Waals surface area contributed by atoms with Gasteiger partial charge in [0.15, 0.2) is 26.0 Å². The van der Waals surface area contributed by atoms with Gasteiger partial charge in [-0.25, -0.2) is 12.6 Å². The lowest BCUT2D eigenvalue weighted by Crippen LogP contribution is -2.18. The van der Waals surface area contributed by atoms with Crippen molar-refractivity contribution >= 4 is 49.0 Å². The molecule has 1 aromatic heterocycles. The summed E-state index contributed by atoms with van der Waals surface area (Å²) in [7, 11) is -5.22. The lowest BCUT2D eigenvalue weighted by atomic mass is 9.85. The summed E-state index contributed by atoms with van der Waals surface area (Å²) in [5.41, 5.74) is 1.52. The number of hydrogen-bond donors (Lipinski definition) is 1. The Morgan fingerprint density at radius 1 is 1.25 bits per heavy atom. The van der Waals surface area contributed by atoms with Crippen molar-refractivity contribution in [3.05, 3.63) is 47.6 Å². The Bertz CT molecular complexity index is 1170. The highest BCUT2D eigenvalue weighted by Gasteiger charge is 2.21. The minimum Gasteiger partial charge on any atom is -0.301 e. The summed E-state index contributed by atoms with van der Waals surface area (Å²) in [5, 5.41) is 5.62. The van der Waals surface area contributed by atoms with Crippen LogP contribution in [-0.4, -0.2) is 28.7 Å². The molecule has 0 saturated heterocycles. The van der Waals surface area contributed by atoms with Crippen LogP contribution in [0.2, 0.25) is 5.15 Å². The number of hydrogen-bond acceptors (Lipinski definition) is 4. The number of nitrogens with zero attached hydrogens (tertiary/aromatic N) is 2. The molecule has 0 amide bonds. The van der Waals surface area contributed by atoms with Crippen LogP contribution in [0.15, 0.2) is 52.3 Å². The molecule has 1 N–H and O–H groups in total. The van der Waals surface area contributed by atoms with E-state index >= 15 is 0 Å². The first kappa shape index (κ1) is 19.4. The van der Waals surface area contributed by atoms with Crippen molar-refractivity contribution in [1.82, 2.24) is 9.78 Å². The first-order valence-electron chi connectivity index (χ1n) is 8.96. The molecule has 1 unspecified atom stereocenters. The van der Waals surface area contributed by atoms with E-state index in [2.05, 4.69) is 9.82 Å². The van der Waals surface area contributed by atoms with Crippen LogP contribution in [0, 0.1) is 5.92 Å². The van der Waals surface area contributed by atoms with Gasteiger partial charge in [-0.2, -0.15) is 5.10 Å². The van der Waals surface area contributed by atoms with Crippen molar-refractivity contribution in [1.29, 1.82) is 0 Å². The largest absolute Gasteiger partial charge is 0.301 e. The molecule has 4 rings (SSSR count). The van der Waals surface area contributed by atoms with Gasteiger partial charge in [0.2, 0.25) is 0 Å². The van der Waals surface area contributed by atoms with Crippen molar-refractivity contribution in [2.45, 2.75) is 35.6 Å². The fraction of sp³-hybridized carbons (Fsp3) is 0.316. The van der Waals surface area contributed by atoms with Gasteiger partial charge in [0, 0.05) is 23.9 Å². The Morgan fingerprint density at radius 3 is 2.68 bits per heavy atom. The molecule has 1 aliphatic rings. The van der Waals surface area contributed by atoms with Gasteiger partial charge < -0.3 is 4.72 Å². The third kappa shape index (κ3) is 3.81. The lowest BCUT2D eigenvalue weighted by Gasteiger charge is -2.25. The normalized spacial score (nSPS) is 16.1. The minimum absolute atomic E-state index is 0.0493. The molecule has 28 heavy (non-hydrogen) atoms. The van der Waals surface area contributed by atoms with Gasteiger partial charge >= 0.3 is 0 Å². The number of fused-ring (bicyclic) bond motifs is 1. The molecule has 1 atom stereocenters. The second kappa shape index (κ2) is 7.50. The Balaban J connectivity index is 1.62. The Labute approximate surface area is 171 Å². The molecule has 2 aromatic carbocycles. The molecular weight excluding hydrogens is 418 g/mol. The van der Waals surface area contributed by atoms with E-state index in [0.717, 1.165) is 23.7 Å². The van der Waals surface area contributed by atoms with Crippen molar-refractivity contribution < 1.29 is 12.6 Å². The van der Waals surface area contributed by atoms with Gasteiger partial charge in [-0.15, -0.1) is 0 Å². The average Bonchev–Trinajstić information content (AvgIpc) is 2.93. The molecule has 9 heteroatoms. The van der Waals surface area contributed by atoms with Crippen molar-refractivity contribution in [3.8, 4) is 0 Å². The van der Waals surface area contributed by atoms with Gasteiger partial charge in [-0.1, -0.05) is 30.2 Å². The first-order chi connectivity index (χ1) is 13.3. The van der Waals surface area contributed by atoms with E-state index in [1.165, 1.54) is 25.3 Å². The quantitative estimate of drug-likeness (QED) is 0.631. The molecule has 6 nitrogen and oxygen atoms in total. The van der Waals surface area contributed by atoms with Gasteiger partial charge in [0.25, 0.3) is 0 Å². The van der Waals surface area contributed by atoms with Crippen molar-refractivity contribution in [3.63, 3.8) is 0 Å². The van der Waals surface area contributed by atoms with E-state index in [1.54, 1.807) is 30.3 Å². The second-order valence-corrected chi connectivity index (χ2v) is 10.6. The van der Waals surface area contributed by atoms with E-state index in [0.29, 0.717) is 16.8 Å². The van der Waals surface area contributed by atoms with E-state index in [-0.39, 0.29) is 9.79 Å². The summed E-state index contributed by atoms with van der Waals surface area (Å²) < 4.78 is 41.5. The molecular formula is C19H20ClN3O3S2. The number of sulfone groups is 1. The van der Waals surface area contributed by atoms with E-state index in [9.17, 15) is 12.6 Å². The zero-order chi connectivity index (χ0) is 19.9. The highest BCUT2D eigenvalue weighted by Crippen LogP contribution is 2.32. The standard InChI is InChI=1S/C19H20ClN3O3S2/c1-28(25,26)18-8-3-2-7-17(18)27(24)22-14-9-10-16-15(11-14)19(20)21-23(16)12-13-5-4-6-13/h2-3,7-11,13,22H,4-6,12H2,1H3. The van der Waals surface area contributed by atoms with Crippen LogP contribution in [0.5, 0.6) is 0 Å². The van der Waals surface area contributed by atoms with Crippen LogP contribution >= 0.6 is 11.6 Å². The molecule has 1 aliphatic carbocycles. The number of rotatable bonds is 6. The summed E-state index contributed by atoms with van der Waals surface area (Å²) in [5.74, 6) is 0.650. The predicted molar refractivity (Wildman–Crippen MR) is 112 cm³/mol.